The molecule has 3 nitrogen and oxygen atoms in total. The molecule has 2 aliphatic rings. The van der Waals surface area contributed by atoms with Crippen molar-refractivity contribution in [2.24, 2.45) is 5.92 Å². The van der Waals surface area contributed by atoms with Gasteiger partial charge in [0.25, 0.3) is 0 Å². The Morgan fingerprint density at radius 1 is 1.42 bits per heavy atom. The van der Waals surface area contributed by atoms with Crippen molar-refractivity contribution >= 4 is 0 Å². The van der Waals surface area contributed by atoms with Crippen molar-refractivity contribution < 1.29 is 4.74 Å². The van der Waals surface area contributed by atoms with E-state index in [-0.39, 0.29) is 0 Å². The van der Waals surface area contributed by atoms with Gasteiger partial charge in [-0.1, -0.05) is 12.1 Å². The van der Waals surface area contributed by atoms with Gasteiger partial charge in [0.05, 0.1) is 6.61 Å². The molecule has 2 aliphatic heterocycles. The van der Waals surface area contributed by atoms with Crippen molar-refractivity contribution in [3.63, 3.8) is 0 Å². The molecule has 0 radical (unpaired) electrons. The summed E-state index contributed by atoms with van der Waals surface area (Å²) in [6, 6.07) is 6.71. The Bertz CT molecular complexity index is 431. The number of hydrogen-bond acceptors (Lipinski definition) is 3. The van der Waals surface area contributed by atoms with E-state index < -0.39 is 0 Å². The standard InChI is InChI=1S/C16H24N2O/c1-17-10-14-3-2-7-18(12-14)11-13-4-5-16-15(9-13)6-8-19-16/h4-5,9,14,17H,2-3,6-8,10-12H2,1H3. The largest absolute Gasteiger partial charge is 0.493 e. The summed E-state index contributed by atoms with van der Waals surface area (Å²) in [5, 5.41) is 3.31. The lowest BCUT2D eigenvalue weighted by molar-refractivity contribution is 0.167. The maximum atomic E-state index is 5.57. The summed E-state index contributed by atoms with van der Waals surface area (Å²) in [4.78, 5) is 2.60. The van der Waals surface area contributed by atoms with Crippen molar-refractivity contribution in [1.29, 1.82) is 0 Å². The molecule has 1 aromatic rings. The Morgan fingerprint density at radius 2 is 2.37 bits per heavy atom. The summed E-state index contributed by atoms with van der Waals surface area (Å²) >= 11 is 0. The lowest BCUT2D eigenvalue weighted by atomic mass is 9.97. The van der Waals surface area contributed by atoms with E-state index in [9.17, 15) is 0 Å². The summed E-state index contributed by atoms with van der Waals surface area (Å²) in [6.45, 7) is 5.57. The van der Waals surface area contributed by atoms with Gasteiger partial charge < -0.3 is 10.1 Å². The smallest absolute Gasteiger partial charge is 0.122 e. The van der Waals surface area contributed by atoms with Crippen LogP contribution in [0.2, 0.25) is 0 Å². The molecule has 1 atom stereocenters. The SMILES string of the molecule is CNCC1CCCN(Cc2ccc3c(c2)CCO3)C1. The molecular formula is C16H24N2O. The second-order valence-electron chi connectivity index (χ2n) is 5.84. The molecule has 104 valence electrons. The highest BCUT2D eigenvalue weighted by Gasteiger charge is 2.20. The molecule has 1 N–H and O–H groups in total. The third-order valence-electron chi connectivity index (χ3n) is 4.26. The highest BCUT2D eigenvalue weighted by Crippen LogP contribution is 2.27. The summed E-state index contributed by atoms with van der Waals surface area (Å²) in [6.07, 6.45) is 3.78. The van der Waals surface area contributed by atoms with E-state index in [4.69, 9.17) is 4.74 Å². The highest BCUT2D eigenvalue weighted by atomic mass is 16.5. The van der Waals surface area contributed by atoms with E-state index in [0.717, 1.165) is 37.8 Å². The fraction of sp³-hybridized carbons (Fsp3) is 0.625. The molecule has 0 aliphatic carbocycles. The number of rotatable bonds is 4. The van der Waals surface area contributed by atoms with Crippen LogP contribution in [-0.4, -0.2) is 38.2 Å². The monoisotopic (exact) mass is 260 g/mol. The van der Waals surface area contributed by atoms with Crippen LogP contribution in [0.15, 0.2) is 18.2 Å². The zero-order valence-corrected chi connectivity index (χ0v) is 11.8. The van der Waals surface area contributed by atoms with Crippen molar-refractivity contribution in [1.82, 2.24) is 10.2 Å². The Kier molecular flexibility index (Phi) is 4.04. The predicted octanol–water partition coefficient (Wildman–Crippen LogP) is 2.05. The van der Waals surface area contributed by atoms with Crippen LogP contribution in [0.4, 0.5) is 0 Å². The second-order valence-corrected chi connectivity index (χ2v) is 5.84. The molecule has 1 fully saturated rings. The third kappa shape index (κ3) is 3.10. The maximum Gasteiger partial charge on any atom is 0.122 e. The predicted molar refractivity (Wildman–Crippen MR) is 77.6 cm³/mol. The van der Waals surface area contributed by atoms with E-state index in [1.165, 1.54) is 37.1 Å². The minimum atomic E-state index is 0.816. The lowest BCUT2D eigenvalue weighted by Crippen LogP contribution is -2.38. The van der Waals surface area contributed by atoms with Crippen LogP contribution < -0.4 is 10.1 Å². The van der Waals surface area contributed by atoms with Gasteiger partial charge in [-0.25, -0.2) is 0 Å². The van der Waals surface area contributed by atoms with Crippen LogP contribution in [0.25, 0.3) is 0 Å². The van der Waals surface area contributed by atoms with Gasteiger partial charge in [-0.3, -0.25) is 4.90 Å². The molecular weight excluding hydrogens is 236 g/mol. The quantitative estimate of drug-likeness (QED) is 0.897. The van der Waals surface area contributed by atoms with Gasteiger partial charge >= 0.3 is 0 Å². The lowest BCUT2D eigenvalue weighted by Gasteiger charge is -2.32. The van der Waals surface area contributed by atoms with Gasteiger partial charge in [-0.2, -0.15) is 0 Å². The van der Waals surface area contributed by atoms with Crippen LogP contribution in [0, 0.1) is 5.92 Å². The van der Waals surface area contributed by atoms with Crippen LogP contribution >= 0.6 is 0 Å². The van der Waals surface area contributed by atoms with E-state index in [1.807, 2.05) is 0 Å². The summed E-state index contributed by atoms with van der Waals surface area (Å²) < 4.78 is 5.57. The van der Waals surface area contributed by atoms with Gasteiger partial charge in [0, 0.05) is 19.5 Å². The number of piperidine rings is 1. The number of ether oxygens (including phenoxy) is 1. The van der Waals surface area contributed by atoms with E-state index in [1.54, 1.807) is 0 Å². The average Bonchev–Trinajstić information content (AvgIpc) is 2.87. The van der Waals surface area contributed by atoms with Crippen molar-refractivity contribution in [3.8, 4) is 5.75 Å². The molecule has 0 spiro atoms. The van der Waals surface area contributed by atoms with Crippen molar-refractivity contribution in [2.45, 2.75) is 25.8 Å². The number of benzene rings is 1. The summed E-state index contributed by atoms with van der Waals surface area (Å²) in [5.74, 6) is 1.91. The van der Waals surface area contributed by atoms with Gasteiger partial charge in [0.1, 0.15) is 5.75 Å². The first kappa shape index (κ1) is 12.9. The molecule has 0 saturated carbocycles. The van der Waals surface area contributed by atoms with Crippen LogP contribution in [0.3, 0.4) is 0 Å². The zero-order valence-electron chi connectivity index (χ0n) is 11.8. The second kappa shape index (κ2) is 5.93. The number of hydrogen-bond donors (Lipinski definition) is 1. The maximum absolute atomic E-state index is 5.57. The van der Waals surface area contributed by atoms with E-state index in [0.29, 0.717) is 0 Å². The molecule has 0 aromatic heterocycles. The molecule has 3 rings (SSSR count). The number of nitrogens with zero attached hydrogens (tertiary/aromatic N) is 1. The minimum Gasteiger partial charge on any atom is -0.493 e. The molecule has 1 saturated heterocycles. The minimum absolute atomic E-state index is 0.816. The fourth-order valence-corrected chi connectivity index (χ4v) is 3.35. The van der Waals surface area contributed by atoms with Crippen molar-refractivity contribution in [2.75, 3.05) is 33.3 Å². The van der Waals surface area contributed by atoms with Crippen LogP contribution in [-0.2, 0) is 13.0 Å². The first-order valence-electron chi connectivity index (χ1n) is 7.46. The molecule has 0 amide bonds. The van der Waals surface area contributed by atoms with Gasteiger partial charge in [0.15, 0.2) is 0 Å². The first-order valence-corrected chi connectivity index (χ1v) is 7.46. The van der Waals surface area contributed by atoms with Gasteiger partial charge in [-0.15, -0.1) is 0 Å². The highest BCUT2D eigenvalue weighted by molar-refractivity contribution is 5.39. The van der Waals surface area contributed by atoms with E-state index >= 15 is 0 Å². The Morgan fingerprint density at radius 3 is 3.26 bits per heavy atom. The first-order chi connectivity index (χ1) is 9.35. The van der Waals surface area contributed by atoms with Gasteiger partial charge in [0.2, 0.25) is 0 Å². The molecule has 1 aromatic carbocycles. The fourth-order valence-electron chi connectivity index (χ4n) is 3.35. The molecule has 0 bridgehead atoms. The number of nitrogens with one attached hydrogen (secondary N) is 1. The van der Waals surface area contributed by atoms with Gasteiger partial charge in [-0.05, 0) is 56.1 Å². The topological polar surface area (TPSA) is 24.5 Å². The Hall–Kier alpha value is -1.06. The average molecular weight is 260 g/mol. The summed E-state index contributed by atoms with van der Waals surface area (Å²) in [5.41, 5.74) is 2.83. The zero-order chi connectivity index (χ0) is 13.1. The molecule has 1 unspecified atom stereocenters. The summed E-state index contributed by atoms with van der Waals surface area (Å²) in [7, 11) is 2.06. The van der Waals surface area contributed by atoms with Crippen LogP contribution in [0.1, 0.15) is 24.0 Å². The van der Waals surface area contributed by atoms with Crippen molar-refractivity contribution in [3.05, 3.63) is 29.3 Å². The normalized spacial score (nSPS) is 23.1. The molecule has 3 heteroatoms. The molecule has 19 heavy (non-hydrogen) atoms. The molecule has 2 heterocycles. The third-order valence-corrected chi connectivity index (χ3v) is 4.26. The van der Waals surface area contributed by atoms with E-state index in [2.05, 4.69) is 35.5 Å². The van der Waals surface area contributed by atoms with Crippen LogP contribution in [0.5, 0.6) is 5.75 Å². The number of fused-ring (bicyclic) bond motifs is 1. The Labute approximate surface area is 115 Å². The number of likely N-dealkylation sites (tertiary alicyclic amines) is 1. The Balaban J connectivity index is 1.61.